The average molecular weight is 216 g/mol. The normalized spacial score (nSPS) is 38.4. The highest BCUT2D eigenvalue weighted by atomic mass is 31.1. The van der Waals surface area contributed by atoms with E-state index in [2.05, 4.69) is 0 Å². The van der Waals surface area contributed by atoms with E-state index in [4.69, 9.17) is 27.0 Å². The highest BCUT2D eigenvalue weighted by molar-refractivity contribution is 7.32. The predicted octanol–water partition coefficient (Wildman–Crippen LogP) is -0.838. The standard InChI is InChI=1S/C6H10B2O5P/c1-3-5(13-14(10)11)4(2-9)12-6(3)8-7/h3-6,9H,2H2,1H3/p+1/t3-,4-,5+,6-/m1/s1. The lowest BCUT2D eigenvalue weighted by Crippen LogP contribution is -2.30. The van der Waals surface area contributed by atoms with Crippen LogP contribution in [0, 0.1) is 5.92 Å². The Morgan fingerprint density at radius 2 is 2.36 bits per heavy atom. The number of ether oxygens (including phenoxy) is 1. The van der Waals surface area contributed by atoms with Gasteiger partial charge in [0.05, 0.1) is 13.8 Å². The van der Waals surface area contributed by atoms with Gasteiger partial charge in [0, 0.05) is 24.2 Å². The van der Waals surface area contributed by atoms with Crippen LogP contribution in [0.1, 0.15) is 6.92 Å². The van der Waals surface area contributed by atoms with Crippen molar-refractivity contribution in [2.24, 2.45) is 5.92 Å². The van der Waals surface area contributed by atoms with Gasteiger partial charge < -0.3 is 9.84 Å². The number of hydrogen-bond acceptors (Lipinski definition) is 4. The summed E-state index contributed by atoms with van der Waals surface area (Å²) in [5.74, 6) is -0.150. The van der Waals surface area contributed by atoms with Gasteiger partial charge in [-0.15, -0.1) is 9.42 Å². The third kappa shape index (κ3) is 2.55. The first-order chi connectivity index (χ1) is 6.60. The second-order valence-corrected chi connectivity index (χ2v) is 3.87. The molecule has 8 heteroatoms. The van der Waals surface area contributed by atoms with Gasteiger partial charge in [0.1, 0.15) is 12.2 Å². The molecule has 1 aliphatic heterocycles. The Balaban J connectivity index is 2.64. The van der Waals surface area contributed by atoms with Gasteiger partial charge in [0.15, 0.2) is 0 Å². The fourth-order valence-corrected chi connectivity index (χ4v) is 2.10. The van der Waals surface area contributed by atoms with Gasteiger partial charge in [0.2, 0.25) is 0 Å². The summed E-state index contributed by atoms with van der Waals surface area (Å²) in [7, 11) is 3.97. The van der Waals surface area contributed by atoms with Crippen molar-refractivity contribution in [1.82, 2.24) is 0 Å². The summed E-state index contributed by atoms with van der Waals surface area (Å²) in [6, 6.07) is -0.355. The predicted molar refractivity (Wildman–Crippen MR) is 51.1 cm³/mol. The van der Waals surface area contributed by atoms with Gasteiger partial charge >= 0.3 is 8.25 Å². The number of aliphatic hydroxyl groups is 1. The van der Waals surface area contributed by atoms with Crippen LogP contribution in [0.3, 0.4) is 0 Å². The van der Waals surface area contributed by atoms with E-state index < -0.39 is 20.5 Å². The topological polar surface area (TPSA) is 76.0 Å². The van der Waals surface area contributed by atoms with Crippen molar-refractivity contribution in [1.29, 1.82) is 0 Å². The molecule has 5 nitrogen and oxygen atoms in total. The summed E-state index contributed by atoms with van der Waals surface area (Å²) < 4.78 is 20.6. The van der Waals surface area contributed by atoms with Gasteiger partial charge in [-0.05, 0) is 0 Å². The number of rotatable bonds is 4. The quantitative estimate of drug-likeness (QED) is 0.473. The summed E-state index contributed by atoms with van der Waals surface area (Å²) in [6.45, 7) is 1.52. The molecule has 1 saturated heterocycles. The summed E-state index contributed by atoms with van der Waals surface area (Å²) in [5.41, 5.74) is 0. The SMILES string of the molecule is [B][B][C@@H]1O[C@H](CO)[C@@H](O[P+](=O)O)[C@H]1C. The molecule has 0 spiro atoms. The Hall–Kier alpha value is 0.0699. The zero-order chi connectivity index (χ0) is 10.7. The van der Waals surface area contributed by atoms with Crippen LogP contribution in [-0.2, 0) is 13.8 Å². The molecule has 1 rings (SSSR count). The molecule has 0 amide bonds. The molecule has 0 saturated carbocycles. The molecule has 1 aliphatic rings. The molecule has 0 aliphatic carbocycles. The van der Waals surface area contributed by atoms with Gasteiger partial charge in [-0.2, -0.15) is 0 Å². The van der Waals surface area contributed by atoms with Crippen LogP contribution in [0.2, 0.25) is 0 Å². The van der Waals surface area contributed by atoms with Crippen molar-refractivity contribution in [2.75, 3.05) is 6.61 Å². The van der Waals surface area contributed by atoms with Crippen LogP contribution < -0.4 is 0 Å². The van der Waals surface area contributed by atoms with Crippen LogP contribution in [-0.4, -0.2) is 49.7 Å². The minimum atomic E-state index is -2.69. The molecule has 14 heavy (non-hydrogen) atoms. The molecular weight excluding hydrogens is 205 g/mol. The van der Waals surface area contributed by atoms with Crippen molar-refractivity contribution in [3.8, 4) is 0 Å². The third-order valence-electron chi connectivity index (χ3n) is 2.32. The summed E-state index contributed by atoms with van der Waals surface area (Å²) >= 11 is 0. The van der Waals surface area contributed by atoms with E-state index in [0.29, 0.717) is 0 Å². The largest absolute Gasteiger partial charge is 0.695 e. The zero-order valence-corrected chi connectivity index (χ0v) is 8.63. The lowest BCUT2D eigenvalue weighted by Gasteiger charge is -2.12. The fraction of sp³-hybridized carbons (Fsp3) is 1.00. The fourth-order valence-electron chi connectivity index (χ4n) is 1.56. The monoisotopic (exact) mass is 216 g/mol. The number of hydrogen-bond donors (Lipinski definition) is 2. The minimum absolute atomic E-state index is 0.150. The molecule has 3 radical (unpaired) electrons. The molecule has 0 aromatic rings. The van der Waals surface area contributed by atoms with Crippen molar-refractivity contribution >= 4 is 23.2 Å². The summed E-state index contributed by atoms with van der Waals surface area (Å²) in [5, 5.41) is 8.94. The van der Waals surface area contributed by atoms with Gasteiger partial charge in [-0.25, -0.2) is 0 Å². The molecule has 2 N–H and O–H groups in total. The van der Waals surface area contributed by atoms with Crippen molar-refractivity contribution in [2.45, 2.75) is 25.1 Å². The Kier molecular flexibility index (Phi) is 4.54. The van der Waals surface area contributed by atoms with Crippen molar-refractivity contribution in [3.63, 3.8) is 0 Å². The summed E-state index contributed by atoms with van der Waals surface area (Å²) in [4.78, 5) is 8.61. The first-order valence-corrected chi connectivity index (χ1v) is 5.37. The first-order valence-electron chi connectivity index (χ1n) is 4.24. The Bertz CT molecular complexity index is 214. The number of aliphatic hydroxyl groups excluding tert-OH is 1. The van der Waals surface area contributed by atoms with Crippen molar-refractivity contribution < 1.29 is 23.8 Å². The highest BCUT2D eigenvalue weighted by Crippen LogP contribution is 2.33. The Morgan fingerprint density at radius 3 is 2.79 bits per heavy atom. The molecular formula is C6H11B2O5P+. The average Bonchev–Trinajstić information content (AvgIpc) is 2.43. The molecule has 1 unspecified atom stereocenters. The second-order valence-electron chi connectivity index (χ2n) is 3.18. The molecule has 75 valence electrons. The van der Waals surface area contributed by atoms with E-state index >= 15 is 0 Å². The molecule has 0 aromatic carbocycles. The van der Waals surface area contributed by atoms with Gasteiger partial charge in [-0.3, -0.25) is 0 Å². The van der Waals surface area contributed by atoms with Gasteiger partial charge in [-0.1, -0.05) is 6.92 Å². The van der Waals surface area contributed by atoms with Crippen LogP contribution in [0.5, 0.6) is 0 Å². The molecule has 1 fully saturated rings. The first kappa shape index (κ1) is 12.1. The highest BCUT2D eigenvalue weighted by Gasteiger charge is 2.45. The van der Waals surface area contributed by atoms with Crippen LogP contribution >= 0.6 is 8.25 Å². The van der Waals surface area contributed by atoms with E-state index in [1.54, 1.807) is 6.92 Å². The second kappa shape index (κ2) is 5.24. The molecule has 0 bridgehead atoms. The van der Waals surface area contributed by atoms with Crippen molar-refractivity contribution in [3.05, 3.63) is 0 Å². The lowest BCUT2D eigenvalue weighted by atomic mass is 9.49. The molecule has 1 heterocycles. The smallest absolute Gasteiger partial charge is 0.394 e. The third-order valence-corrected chi connectivity index (χ3v) is 2.74. The van der Waals surface area contributed by atoms with E-state index in [1.165, 1.54) is 7.17 Å². The minimum Gasteiger partial charge on any atom is -0.394 e. The maximum Gasteiger partial charge on any atom is 0.695 e. The zero-order valence-electron chi connectivity index (χ0n) is 7.74. The maximum absolute atomic E-state index is 10.5. The van der Waals surface area contributed by atoms with E-state index in [1.807, 2.05) is 0 Å². The Morgan fingerprint density at radius 1 is 1.71 bits per heavy atom. The Labute approximate surface area is 85.4 Å². The van der Waals surface area contributed by atoms with Gasteiger partial charge in [0.25, 0.3) is 0 Å². The summed E-state index contributed by atoms with van der Waals surface area (Å²) in [6.07, 6.45) is -1.20. The maximum atomic E-state index is 10.5. The van der Waals surface area contributed by atoms with Crippen LogP contribution in [0.15, 0.2) is 0 Å². The van der Waals surface area contributed by atoms with E-state index in [0.717, 1.165) is 0 Å². The van der Waals surface area contributed by atoms with Crippen LogP contribution in [0.25, 0.3) is 0 Å². The van der Waals surface area contributed by atoms with Crippen LogP contribution in [0.4, 0.5) is 0 Å². The van der Waals surface area contributed by atoms with E-state index in [9.17, 15) is 4.57 Å². The lowest BCUT2D eigenvalue weighted by molar-refractivity contribution is 0.00245. The molecule has 0 aromatic heterocycles. The van der Waals surface area contributed by atoms with E-state index in [-0.39, 0.29) is 18.5 Å². The molecule has 5 atom stereocenters.